The molecule has 0 aliphatic rings. The van der Waals surface area contributed by atoms with Gasteiger partial charge in [-0.05, 0) is 6.42 Å². The summed E-state index contributed by atoms with van der Waals surface area (Å²) in [6, 6.07) is 0. The Morgan fingerprint density at radius 2 is 2.33 bits per heavy atom. The highest BCUT2D eigenvalue weighted by Crippen LogP contribution is 1.84. The molecule has 0 unspecified atom stereocenters. The highest BCUT2D eigenvalue weighted by atomic mass is 14.5. The molecule has 0 saturated carbocycles. The van der Waals surface area contributed by atoms with E-state index < -0.39 is 0 Å². The SMILES string of the molecule is CCC/C=C/[N]. The minimum Gasteiger partial charge on any atom is -0.160 e. The zero-order valence-electron chi connectivity index (χ0n) is 4.02. The average Bonchev–Trinajstić information content (AvgIpc) is 1.61. The molecule has 2 radical (unpaired) electrons. The van der Waals surface area contributed by atoms with Gasteiger partial charge in [0.15, 0.2) is 0 Å². The summed E-state index contributed by atoms with van der Waals surface area (Å²) in [5, 5.41) is 0. The maximum atomic E-state index is 8.02. The van der Waals surface area contributed by atoms with Crippen LogP contribution in [0.4, 0.5) is 0 Å². The van der Waals surface area contributed by atoms with E-state index in [1.54, 1.807) is 6.08 Å². The highest BCUT2D eigenvalue weighted by Gasteiger charge is 1.66. The zero-order chi connectivity index (χ0) is 4.83. The lowest BCUT2D eigenvalue weighted by molar-refractivity contribution is 0.955. The van der Waals surface area contributed by atoms with Gasteiger partial charge in [-0.15, -0.1) is 0 Å². The normalized spacial score (nSPS) is 10.2. The monoisotopic (exact) mass is 83.1 g/mol. The fourth-order valence-electron chi connectivity index (χ4n) is 0.241. The Balaban J connectivity index is 2.66. The van der Waals surface area contributed by atoms with E-state index in [4.69, 9.17) is 5.73 Å². The van der Waals surface area contributed by atoms with Crippen LogP contribution in [0.15, 0.2) is 12.3 Å². The Bertz CT molecular complexity index is 39.2. The summed E-state index contributed by atoms with van der Waals surface area (Å²) in [6.45, 7) is 2.07. The first-order valence-electron chi connectivity index (χ1n) is 2.21. The predicted octanol–water partition coefficient (Wildman–Crippen LogP) is 1.37. The predicted molar refractivity (Wildman–Crippen MR) is 26.2 cm³/mol. The van der Waals surface area contributed by atoms with Gasteiger partial charge >= 0.3 is 0 Å². The topological polar surface area (TPSA) is 22.3 Å². The minimum atomic E-state index is 0.983. The van der Waals surface area contributed by atoms with Crippen molar-refractivity contribution < 1.29 is 0 Å². The van der Waals surface area contributed by atoms with Gasteiger partial charge in [0.05, 0.1) is 0 Å². The van der Waals surface area contributed by atoms with Gasteiger partial charge in [-0.25, -0.2) is 0 Å². The van der Waals surface area contributed by atoms with E-state index in [0.29, 0.717) is 0 Å². The van der Waals surface area contributed by atoms with Crippen LogP contribution in [0.25, 0.3) is 0 Å². The summed E-state index contributed by atoms with van der Waals surface area (Å²) in [7, 11) is 0. The number of hydrogen-bond acceptors (Lipinski definition) is 0. The molecule has 0 aromatic carbocycles. The van der Waals surface area contributed by atoms with Crippen molar-refractivity contribution in [3.63, 3.8) is 0 Å². The Hall–Kier alpha value is -0.460. The largest absolute Gasteiger partial charge is 0.160 e. The highest BCUT2D eigenvalue weighted by molar-refractivity contribution is 4.73. The van der Waals surface area contributed by atoms with Gasteiger partial charge in [-0.2, -0.15) is 5.73 Å². The third-order valence-electron chi connectivity index (χ3n) is 0.561. The van der Waals surface area contributed by atoms with Crippen LogP contribution >= 0.6 is 0 Å². The van der Waals surface area contributed by atoms with Crippen LogP contribution in [0.3, 0.4) is 0 Å². The summed E-state index contributed by atoms with van der Waals surface area (Å²) in [5.74, 6) is 0. The van der Waals surface area contributed by atoms with Crippen molar-refractivity contribution in [1.29, 1.82) is 0 Å². The molecule has 0 aliphatic carbocycles. The number of nitrogens with zero attached hydrogens (tertiary/aromatic N) is 1. The fourth-order valence-corrected chi connectivity index (χ4v) is 0.241. The summed E-state index contributed by atoms with van der Waals surface area (Å²) in [4.78, 5) is 0. The van der Waals surface area contributed by atoms with Gasteiger partial charge in [-0.1, -0.05) is 19.4 Å². The molecular formula is C5H9N. The van der Waals surface area contributed by atoms with Gasteiger partial charge in [0, 0.05) is 6.20 Å². The molecule has 0 aromatic heterocycles. The van der Waals surface area contributed by atoms with Gasteiger partial charge in [0.2, 0.25) is 0 Å². The summed E-state index contributed by atoms with van der Waals surface area (Å²) in [5.41, 5.74) is 8.02. The smallest absolute Gasteiger partial charge is 0.0455 e. The van der Waals surface area contributed by atoms with Crippen molar-refractivity contribution in [2.24, 2.45) is 0 Å². The number of allylic oxidation sites excluding steroid dienone is 1. The third kappa shape index (κ3) is 3.54. The second-order valence-corrected chi connectivity index (χ2v) is 1.17. The molecule has 0 rings (SSSR count). The average molecular weight is 83.1 g/mol. The molecule has 0 fully saturated rings. The third-order valence-corrected chi connectivity index (χ3v) is 0.561. The molecule has 0 N–H and O–H groups in total. The standard InChI is InChI=1S/C5H9N/c1-2-3-4-5-6/h4-5H,2-3H2,1H3/b5-4+. The lowest BCUT2D eigenvalue weighted by Gasteiger charge is -1.74. The zero-order valence-corrected chi connectivity index (χ0v) is 4.02. The number of unbranched alkanes of at least 4 members (excludes halogenated alkanes) is 1. The van der Waals surface area contributed by atoms with Gasteiger partial charge in [0.1, 0.15) is 0 Å². The Labute approximate surface area is 38.8 Å². The summed E-state index contributed by atoms with van der Waals surface area (Å²) in [6.07, 6.45) is 4.91. The van der Waals surface area contributed by atoms with E-state index in [0.717, 1.165) is 19.0 Å². The van der Waals surface area contributed by atoms with Crippen molar-refractivity contribution in [2.75, 3.05) is 0 Å². The van der Waals surface area contributed by atoms with E-state index in [2.05, 4.69) is 6.92 Å². The lowest BCUT2D eigenvalue weighted by atomic mass is 10.3. The van der Waals surface area contributed by atoms with Crippen LogP contribution in [0.1, 0.15) is 19.8 Å². The molecule has 0 aromatic rings. The minimum absolute atomic E-state index is 0.983. The molecule has 1 heteroatoms. The molecule has 34 valence electrons. The molecule has 0 amide bonds. The van der Waals surface area contributed by atoms with Crippen molar-refractivity contribution in [1.82, 2.24) is 5.73 Å². The molecule has 0 bridgehead atoms. The van der Waals surface area contributed by atoms with Gasteiger partial charge < -0.3 is 0 Å². The second-order valence-electron chi connectivity index (χ2n) is 1.17. The first kappa shape index (κ1) is 5.54. The molecule has 0 heterocycles. The number of hydrogen-bond donors (Lipinski definition) is 0. The molecular weight excluding hydrogens is 74.1 g/mol. The van der Waals surface area contributed by atoms with Crippen LogP contribution in [0.5, 0.6) is 0 Å². The quantitative estimate of drug-likeness (QED) is 0.481. The van der Waals surface area contributed by atoms with Crippen molar-refractivity contribution in [3.05, 3.63) is 12.3 Å². The first-order chi connectivity index (χ1) is 2.91. The molecule has 0 spiro atoms. The molecule has 1 nitrogen and oxygen atoms in total. The van der Waals surface area contributed by atoms with Gasteiger partial charge in [0.25, 0.3) is 0 Å². The van der Waals surface area contributed by atoms with Crippen LogP contribution < -0.4 is 5.73 Å². The Morgan fingerprint density at radius 1 is 1.67 bits per heavy atom. The van der Waals surface area contributed by atoms with E-state index in [1.807, 2.05) is 0 Å². The summed E-state index contributed by atoms with van der Waals surface area (Å²) < 4.78 is 0. The molecule has 0 saturated heterocycles. The van der Waals surface area contributed by atoms with Crippen molar-refractivity contribution in [2.45, 2.75) is 19.8 Å². The van der Waals surface area contributed by atoms with E-state index in [1.165, 1.54) is 0 Å². The van der Waals surface area contributed by atoms with E-state index in [9.17, 15) is 0 Å². The van der Waals surface area contributed by atoms with E-state index in [-0.39, 0.29) is 0 Å². The Morgan fingerprint density at radius 3 is 2.50 bits per heavy atom. The first-order valence-corrected chi connectivity index (χ1v) is 2.21. The van der Waals surface area contributed by atoms with Crippen LogP contribution in [-0.4, -0.2) is 0 Å². The van der Waals surface area contributed by atoms with Crippen molar-refractivity contribution in [3.8, 4) is 0 Å². The van der Waals surface area contributed by atoms with Crippen LogP contribution in [0, 0.1) is 0 Å². The molecule has 0 atom stereocenters. The maximum absolute atomic E-state index is 8.02. The second kappa shape index (κ2) is 4.54. The summed E-state index contributed by atoms with van der Waals surface area (Å²) >= 11 is 0. The van der Waals surface area contributed by atoms with Crippen molar-refractivity contribution >= 4 is 0 Å². The van der Waals surface area contributed by atoms with E-state index >= 15 is 0 Å². The van der Waals surface area contributed by atoms with Crippen LogP contribution in [-0.2, 0) is 0 Å². The lowest BCUT2D eigenvalue weighted by Crippen LogP contribution is -1.59. The maximum Gasteiger partial charge on any atom is 0.0455 e. The molecule has 0 aliphatic heterocycles. The fraction of sp³-hybridized carbons (Fsp3) is 0.600. The van der Waals surface area contributed by atoms with Crippen LogP contribution in [0.2, 0.25) is 0 Å². The van der Waals surface area contributed by atoms with Gasteiger partial charge in [-0.3, -0.25) is 0 Å². The molecule has 6 heavy (non-hydrogen) atoms. The number of rotatable bonds is 2. The Kier molecular flexibility index (Phi) is 4.19.